The van der Waals surface area contributed by atoms with Gasteiger partial charge in [0.15, 0.2) is 0 Å². The molecule has 1 aliphatic rings. The Morgan fingerprint density at radius 2 is 2.12 bits per heavy atom. The molecule has 0 amide bonds. The number of halogens is 1. The maximum Gasteiger partial charge on any atom is 0.306 e. The van der Waals surface area contributed by atoms with Crippen molar-refractivity contribution < 1.29 is 14.4 Å². The Balaban J connectivity index is 1.56. The summed E-state index contributed by atoms with van der Waals surface area (Å²) in [5.74, 6) is 0.224. The zero-order chi connectivity index (χ0) is 17.1. The van der Waals surface area contributed by atoms with Crippen LogP contribution in [0.4, 0.5) is 10.1 Å². The Kier molecular flexibility index (Phi) is 4.86. The van der Waals surface area contributed by atoms with Gasteiger partial charge in [0.25, 0.3) is 0 Å². The first-order valence-corrected chi connectivity index (χ1v) is 7.86. The highest BCUT2D eigenvalue weighted by atomic mass is 19.1. The van der Waals surface area contributed by atoms with Crippen LogP contribution in [0.25, 0.3) is 0 Å². The summed E-state index contributed by atoms with van der Waals surface area (Å²) in [7, 11) is 0. The van der Waals surface area contributed by atoms with E-state index in [9.17, 15) is 19.6 Å². The zero-order valence-corrected chi connectivity index (χ0v) is 13.0. The molecule has 8 heteroatoms. The van der Waals surface area contributed by atoms with E-state index < -0.39 is 11.0 Å². The SMILES string of the molecule is O=[N+]([O-])c1cnn(CC(O)CNC(c2ccc(F)cc2)C2CC2)c1. The summed E-state index contributed by atoms with van der Waals surface area (Å²) < 4.78 is 14.4. The molecule has 1 aromatic heterocycles. The summed E-state index contributed by atoms with van der Waals surface area (Å²) in [5, 5.41) is 28.0. The van der Waals surface area contributed by atoms with Crippen molar-refractivity contribution >= 4 is 5.69 Å². The fourth-order valence-electron chi connectivity index (χ4n) is 2.75. The van der Waals surface area contributed by atoms with Gasteiger partial charge in [-0.1, -0.05) is 12.1 Å². The van der Waals surface area contributed by atoms with Gasteiger partial charge in [0, 0.05) is 12.6 Å². The van der Waals surface area contributed by atoms with Gasteiger partial charge in [-0.3, -0.25) is 14.8 Å². The van der Waals surface area contributed by atoms with Crippen LogP contribution in [-0.2, 0) is 6.54 Å². The molecule has 0 saturated heterocycles. The minimum absolute atomic E-state index is 0.0761. The van der Waals surface area contributed by atoms with E-state index >= 15 is 0 Å². The van der Waals surface area contributed by atoms with Crippen LogP contribution in [0.3, 0.4) is 0 Å². The summed E-state index contributed by atoms with van der Waals surface area (Å²) in [6.45, 7) is 0.494. The molecule has 2 unspecified atom stereocenters. The molecule has 0 aliphatic heterocycles. The molecule has 0 spiro atoms. The number of nitrogens with zero attached hydrogens (tertiary/aromatic N) is 3. The van der Waals surface area contributed by atoms with Crippen LogP contribution in [0, 0.1) is 21.8 Å². The molecule has 1 aliphatic carbocycles. The van der Waals surface area contributed by atoms with Gasteiger partial charge in [0.2, 0.25) is 0 Å². The fraction of sp³-hybridized carbons (Fsp3) is 0.438. The van der Waals surface area contributed by atoms with E-state index in [-0.39, 0.29) is 24.1 Å². The Morgan fingerprint density at radius 3 is 2.71 bits per heavy atom. The molecule has 2 N–H and O–H groups in total. The maximum absolute atomic E-state index is 13.1. The van der Waals surface area contributed by atoms with Crippen LogP contribution in [-0.4, -0.2) is 32.5 Å². The first kappa shape index (κ1) is 16.5. The Labute approximate surface area is 138 Å². The maximum atomic E-state index is 13.1. The molecule has 24 heavy (non-hydrogen) atoms. The summed E-state index contributed by atoms with van der Waals surface area (Å²) in [6.07, 6.45) is 3.94. The number of nitrogens with one attached hydrogen (secondary N) is 1. The van der Waals surface area contributed by atoms with Gasteiger partial charge in [-0.15, -0.1) is 0 Å². The quantitative estimate of drug-likeness (QED) is 0.569. The topological polar surface area (TPSA) is 93.2 Å². The van der Waals surface area contributed by atoms with E-state index in [0.717, 1.165) is 24.6 Å². The second-order valence-electron chi connectivity index (χ2n) is 6.11. The largest absolute Gasteiger partial charge is 0.390 e. The van der Waals surface area contributed by atoms with Gasteiger partial charge in [0.05, 0.1) is 17.6 Å². The van der Waals surface area contributed by atoms with Crippen molar-refractivity contribution in [1.82, 2.24) is 15.1 Å². The van der Waals surface area contributed by atoms with Gasteiger partial charge >= 0.3 is 5.69 Å². The second-order valence-corrected chi connectivity index (χ2v) is 6.11. The van der Waals surface area contributed by atoms with Crippen molar-refractivity contribution in [3.05, 3.63) is 58.2 Å². The molecule has 1 saturated carbocycles. The fourth-order valence-corrected chi connectivity index (χ4v) is 2.75. The van der Waals surface area contributed by atoms with Crippen molar-refractivity contribution in [2.45, 2.75) is 31.5 Å². The molecule has 1 fully saturated rings. The van der Waals surface area contributed by atoms with E-state index in [1.807, 2.05) is 0 Å². The first-order valence-electron chi connectivity index (χ1n) is 7.86. The predicted molar refractivity (Wildman–Crippen MR) is 84.8 cm³/mol. The molecule has 2 atom stereocenters. The van der Waals surface area contributed by atoms with Crippen molar-refractivity contribution in [3.8, 4) is 0 Å². The molecule has 0 radical (unpaired) electrons. The Bertz CT molecular complexity index is 700. The van der Waals surface area contributed by atoms with Crippen molar-refractivity contribution in [1.29, 1.82) is 0 Å². The van der Waals surface area contributed by atoms with Crippen LogP contribution in [0.15, 0.2) is 36.7 Å². The smallest absolute Gasteiger partial charge is 0.306 e. The molecule has 7 nitrogen and oxygen atoms in total. The first-order chi connectivity index (χ1) is 11.5. The molecule has 3 rings (SSSR count). The molecule has 1 aromatic carbocycles. The number of rotatable bonds is 8. The van der Waals surface area contributed by atoms with E-state index in [1.165, 1.54) is 23.0 Å². The number of aliphatic hydroxyl groups is 1. The molecule has 1 heterocycles. The predicted octanol–water partition coefficient (Wildman–Crippen LogP) is 2.03. The van der Waals surface area contributed by atoms with Crippen LogP contribution < -0.4 is 5.32 Å². The monoisotopic (exact) mass is 334 g/mol. The van der Waals surface area contributed by atoms with Gasteiger partial charge in [-0.05, 0) is 36.5 Å². The van der Waals surface area contributed by atoms with Crippen LogP contribution >= 0.6 is 0 Å². The molecule has 2 aromatic rings. The average molecular weight is 334 g/mol. The van der Waals surface area contributed by atoms with Gasteiger partial charge in [-0.2, -0.15) is 5.10 Å². The van der Waals surface area contributed by atoms with E-state index in [4.69, 9.17) is 0 Å². The van der Waals surface area contributed by atoms with E-state index in [2.05, 4.69) is 10.4 Å². The van der Waals surface area contributed by atoms with Crippen molar-refractivity contribution in [2.24, 2.45) is 5.92 Å². The molecule has 0 bridgehead atoms. The molecular weight excluding hydrogens is 315 g/mol. The number of aliphatic hydroxyl groups excluding tert-OH is 1. The summed E-state index contributed by atoms with van der Waals surface area (Å²) in [4.78, 5) is 10.1. The summed E-state index contributed by atoms with van der Waals surface area (Å²) in [5.41, 5.74) is 0.901. The normalized spacial score (nSPS) is 16.8. The second kappa shape index (κ2) is 7.06. The van der Waals surface area contributed by atoms with Crippen LogP contribution in [0.1, 0.15) is 24.4 Å². The number of nitro groups is 1. The lowest BCUT2D eigenvalue weighted by Gasteiger charge is -2.21. The third-order valence-electron chi connectivity index (χ3n) is 4.12. The number of benzene rings is 1. The van der Waals surface area contributed by atoms with Gasteiger partial charge in [0.1, 0.15) is 18.2 Å². The Hall–Kier alpha value is -2.32. The molecular formula is C16H19FN4O3. The van der Waals surface area contributed by atoms with Crippen LogP contribution in [0.2, 0.25) is 0 Å². The minimum Gasteiger partial charge on any atom is -0.390 e. The highest BCUT2D eigenvalue weighted by molar-refractivity contribution is 5.22. The van der Waals surface area contributed by atoms with E-state index in [1.54, 1.807) is 12.1 Å². The highest BCUT2D eigenvalue weighted by Crippen LogP contribution is 2.40. The minimum atomic E-state index is -0.730. The zero-order valence-electron chi connectivity index (χ0n) is 13.0. The average Bonchev–Trinajstić information content (AvgIpc) is 3.27. The van der Waals surface area contributed by atoms with Crippen LogP contribution in [0.5, 0.6) is 0 Å². The third kappa shape index (κ3) is 4.15. The van der Waals surface area contributed by atoms with Gasteiger partial charge in [-0.25, -0.2) is 4.39 Å². The lowest BCUT2D eigenvalue weighted by atomic mass is 10.0. The highest BCUT2D eigenvalue weighted by Gasteiger charge is 2.32. The lowest BCUT2D eigenvalue weighted by Crippen LogP contribution is -2.34. The lowest BCUT2D eigenvalue weighted by molar-refractivity contribution is -0.385. The van der Waals surface area contributed by atoms with Gasteiger partial charge < -0.3 is 10.4 Å². The Morgan fingerprint density at radius 1 is 1.42 bits per heavy atom. The van der Waals surface area contributed by atoms with E-state index in [0.29, 0.717) is 12.5 Å². The third-order valence-corrected chi connectivity index (χ3v) is 4.12. The summed E-state index contributed by atoms with van der Waals surface area (Å²) in [6, 6.07) is 6.47. The summed E-state index contributed by atoms with van der Waals surface area (Å²) >= 11 is 0. The number of aromatic nitrogens is 2. The van der Waals surface area contributed by atoms with Crippen molar-refractivity contribution in [3.63, 3.8) is 0 Å². The van der Waals surface area contributed by atoms with Crippen molar-refractivity contribution in [2.75, 3.05) is 6.54 Å². The number of hydrogen-bond acceptors (Lipinski definition) is 5. The molecule has 128 valence electrons. The number of hydrogen-bond donors (Lipinski definition) is 2. The standard InChI is InChI=1S/C16H19FN4O3/c17-13-5-3-12(4-6-13)16(11-1-2-11)18-8-15(22)10-20-9-14(7-19-20)21(23)24/h3-7,9,11,15-16,18,22H,1-2,8,10H2.